The number of nitrogens with one attached hydrogen (secondary N) is 1. The predicted octanol–water partition coefficient (Wildman–Crippen LogP) is 3.72. The first-order valence-electron chi connectivity index (χ1n) is 7.41. The normalized spacial score (nSPS) is 13.9. The Kier molecular flexibility index (Phi) is 3.88. The van der Waals surface area contributed by atoms with Crippen molar-refractivity contribution in [1.29, 1.82) is 0 Å². The summed E-state index contributed by atoms with van der Waals surface area (Å²) < 4.78 is 0. The second kappa shape index (κ2) is 6.17. The molecule has 1 aliphatic rings. The molecule has 3 aromatic rings. The van der Waals surface area contributed by atoms with Crippen molar-refractivity contribution in [2.45, 2.75) is 25.2 Å². The fraction of sp³-hybridized carbons (Fsp3) is 0.250. The molecule has 1 saturated carbocycles. The van der Waals surface area contributed by atoms with Gasteiger partial charge in [0.2, 0.25) is 5.13 Å². The number of rotatable bonds is 5. The summed E-state index contributed by atoms with van der Waals surface area (Å²) in [7, 11) is 0. The maximum absolute atomic E-state index is 12.2. The van der Waals surface area contributed by atoms with Gasteiger partial charge in [-0.25, -0.2) is 4.98 Å². The maximum atomic E-state index is 12.2. The summed E-state index contributed by atoms with van der Waals surface area (Å²) in [5.74, 6) is 0.328. The van der Waals surface area contributed by atoms with Gasteiger partial charge in [0.15, 0.2) is 0 Å². The summed E-state index contributed by atoms with van der Waals surface area (Å²) in [6.45, 7) is 0. The highest BCUT2D eigenvalue weighted by Crippen LogP contribution is 2.42. The van der Waals surface area contributed by atoms with Crippen molar-refractivity contribution in [2.75, 3.05) is 5.32 Å². The first-order chi connectivity index (χ1) is 11.3. The number of nitrogens with zero attached hydrogens (tertiary/aromatic N) is 3. The third kappa shape index (κ3) is 3.46. The highest BCUT2D eigenvalue weighted by Gasteiger charge is 2.27. The van der Waals surface area contributed by atoms with Gasteiger partial charge in [-0.1, -0.05) is 41.7 Å². The minimum atomic E-state index is -0.223. The number of benzene rings is 1. The van der Waals surface area contributed by atoms with Gasteiger partial charge in [-0.15, -0.1) is 21.5 Å². The third-order valence-corrected chi connectivity index (χ3v) is 5.42. The number of aromatic nitrogens is 3. The molecule has 116 valence electrons. The minimum Gasteiger partial charge on any atom is -0.295 e. The molecule has 0 saturated heterocycles. The van der Waals surface area contributed by atoms with Crippen LogP contribution in [0.1, 0.15) is 44.8 Å². The highest BCUT2D eigenvalue weighted by molar-refractivity contribution is 7.15. The molecule has 4 rings (SSSR count). The van der Waals surface area contributed by atoms with Crippen molar-refractivity contribution in [1.82, 2.24) is 15.2 Å². The topological polar surface area (TPSA) is 67.8 Å². The van der Waals surface area contributed by atoms with Crippen LogP contribution in [-0.2, 0) is 6.42 Å². The Bertz CT molecular complexity index is 823. The van der Waals surface area contributed by atoms with Crippen LogP contribution in [0.3, 0.4) is 0 Å². The van der Waals surface area contributed by atoms with Gasteiger partial charge in [-0.3, -0.25) is 10.1 Å². The van der Waals surface area contributed by atoms with E-state index in [4.69, 9.17) is 0 Å². The van der Waals surface area contributed by atoms with Crippen molar-refractivity contribution in [3.05, 3.63) is 57.0 Å². The molecule has 5 nitrogen and oxygen atoms in total. The highest BCUT2D eigenvalue weighted by atomic mass is 32.1. The molecular formula is C16H14N4OS2. The molecule has 1 aromatic carbocycles. The molecule has 0 bridgehead atoms. The van der Waals surface area contributed by atoms with E-state index in [-0.39, 0.29) is 5.91 Å². The number of carbonyl (C=O) groups is 1. The van der Waals surface area contributed by atoms with Crippen LogP contribution in [0.15, 0.2) is 35.7 Å². The van der Waals surface area contributed by atoms with Gasteiger partial charge in [-0.05, 0) is 18.4 Å². The van der Waals surface area contributed by atoms with Crippen molar-refractivity contribution in [3.63, 3.8) is 0 Å². The van der Waals surface area contributed by atoms with Gasteiger partial charge in [0.05, 0.1) is 5.01 Å². The Morgan fingerprint density at radius 2 is 2.04 bits per heavy atom. The third-order valence-electron chi connectivity index (χ3n) is 3.57. The van der Waals surface area contributed by atoms with Gasteiger partial charge in [-0.2, -0.15) is 0 Å². The molecular weight excluding hydrogens is 328 g/mol. The Morgan fingerprint density at radius 3 is 2.83 bits per heavy atom. The molecule has 23 heavy (non-hydrogen) atoms. The van der Waals surface area contributed by atoms with Crippen LogP contribution in [0, 0.1) is 0 Å². The van der Waals surface area contributed by atoms with Crippen molar-refractivity contribution >= 4 is 33.7 Å². The summed E-state index contributed by atoms with van der Waals surface area (Å²) in [5.41, 5.74) is 1.62. The average Bonchev–Trinajstić information content (AvgIpc) is 3.13. The zero-order chi connectivity index (χ0) is 15.6. The van der Waals surface area contributed by atoms with Crippen LogP contribution >= 0.6 is 22.7 Å². The average molecular weight is 342 g/mol. The second-order valence-corrected chi connectivity index (χ2v) is 7.41. The van der Waals surface area contributed by atoms with Crippen molar-refractivity contribution in [3.8, 4) is 0 Å². The number of hydrogen-bond donors (Lipinski definition) is 1. The summed E-state index contributed by atoms with van der Waals surface area (Å²) >= 11 is 2.96. The number of amides is 1. The standard InChI is InChI=1S/C16H14N4OS2/c21-14(18-16-20-19-15(23-16)11-6-7-11)12-9-22-13(17-12)8-10-4-2-1-3-5-10/h1-5,9,11H,6-8H2,(H,18,20,21). The van der Waals surface area contributed by atoms with E-state index in [0.717, 1.165) is 16.4 Å². The van der Waals surface area contributed by atoms with E-state index in [1.54, 1.807) is 5.38 Å². The molecule has 1 aliphatic carbocycles. The van der Waals surface area contributed by atoms with Gasteiger partial charge in [0.1, 0.15) is 10.7 Å². The summed E-state index contributed by atoms with van der Waals surface area (Å²) in [6.07, 6.45) is 3.10. The number of carbonyl (C=O) groups excluding carboxylic acids is 1. The summed E-state index contributed by atoms with van der Waals surface area (Å²) in [6, 6.07) is 10.1. The summed E-state index contributed by atoms with van der Waals surface area (Å²) in [4.78, 5) is 16.7. The molecule has 1 amide bonds. The van der Waals surface area contributed by atoms with E-state index in [1.165, 1.54) is 41.1 Å². The lowest BCUT2D eigenvalue weighted by atomic mass is 10.2. The quantitative estimate of drug-likeness (QED) is 0.767. The smallest absolute Gasteiger partial charge is 0.276 e. The molecule has 2 heterocycles. The van der Waals surface area contributed by atoms with Gasteiger partial charge in [0.25, 0.3) is 5.91 Å². The van der Waals surface area contributed by atoms with Crippen molar-refractivity contribution < 1.29 is 4.79 Å². The fourth-order valence-electron chi connectivity index (χ4n) is 2.21. The Morgan fingerprint density at radius 1 is 1.22 bits per heavy atom. The first kappa shape index (κ1) is 14.5. The maximum Gasteiger partial charge on any atom is 0.276 e. The van der Waals surface area contributed by atoms with E-state index in [2.05, 4.69) is 32.6 Å². The molecule has 1 fully saturated rings. The second-order valence-electron chi connectivity index (χ2n) is 5.46. The molecule has 0 radical (unpaired) electrons. The van der Waals surface area contributed by atoms with E-state index >= 15 is 0 Å². The number of anilines is 1. The molecule has 7 heteroatoms. The van der Waals surface area contributed by atoms with Crippen LogP contribution in [-0.4, -0.2) is 21.1 Å². The van der Waals surface area contributed by atoms with Crippen LogP contribution in [0.4, 0.5) is 5.13 Å². The monoisotopic (exact) mass is 342 g/mol. The van der Waals surface area contributed by atoms with Crippen LogP contribution < -0.4 is 5.32 Å². The van der Waals surface area contributed by atoms with Gasteiger partial charge >= 0.3 is 0 Å². The lowest BCUT2D eigenvalue weighted by Gasteiger charge is -1.97. The minimum absolute atomic E-state index is 0.223. The van der Waals surface area contributed by atoms with E-state index in [9.17, 15) is 4.79 Å². The lowest BCUT2D eigenvalue weighted by Crippen LogP contribution is -2.12. The largest absolute Gasteiger partial charge is 0.295 e. The number of hydrogen-bond acceptors (Lipinski definition) is 6. The molecule has 0 atom stereocenters. The molecule has 1 N–H and O–H groups in total. The zero-order valence-electron chi connectivity index (χ0n) is 12.2. The van der Waals surface area contributed by atoms with E-state index < -0.39 is 0 Å². The SMILES string of the molecule is O=C(Nc1nnc(C2CC2)s1)c1csc(Cc2ccccc2)n1. The Hall–Kier alpha value is -2.12. The fourth-order valence-corrected chi connectivity index (χ4v) is 3.92. The van der Waals surface area contributed by atoms with Gasteiger partial charge in [0, 0.05) is 17.7 Å². The van der Waals surface area contributed by atoms with Crippen LogP contribution in [0.2, 0.25) is 0 Å². The lowest BCUT2D eigenvalue weighted by molar-refractivity contribution is 0.102. The van der Waals surface area contributed by atoms with Crippen molar-refractivity contribution in [2.24, 2.45) is 0 Å². The molecule has 2 aromatic heterocycles. The van der Waals surface area contributed by atoms with E-state index in [1.807, 2.05) is 18.2 Å². The Labute approximate surface area is 141 Å². The Balaban J connectivity index is 1.42. The molecule has 0 aliphatic heterocycles. The van der Waals surface area contributed by atoms with E-state index in [0.29, 0.717) is 16.7 Å². The van der Waals surface area contributed by atoms with Gasteiger partial charge < -0.3 is 0 Å². The zero-order valence-corrected chi connectivity index (χ0v) is 13.9. The predicted molar refractivity (Wildman–Crippen MR) is 91.2 cm³/mol. The molecule has 0 unspecified atom stereocenters. The van der Waals surface area contributed by atoms with Crippen LogP contribution in [0.5, 0.6) is 0 Å². The molecule has 0 spiro atoms. The summed E-state index contributed by atoms with van der Waals surface area (Å²) in [5, 5.41) is 15.2. The first-order valence-corrected chi connectivity index (χ1v) is 9.10. The van der Waals surface area contributed by atoms with Crippen LogP contribution in [0.25, 0.3) is 0 Å². The number of thiazole rings is 1.